The van der Waals surface area contributed by atoms with E-state index in [2.05, 4.69) is 18.2 Å². The van der Waals surface area contributed by atoms with Crippen LogP contribution < -0.4 is 5.06 Å². The molecule has 1 aliphatic carbocycles. The van der Waals surface area contributed by atoms with Gasteiger partial charge in [-0.3, -0.25) is 0 Å². The summed E-state index contributed by atoms with van der Waals surface area (Å²) in [6, 6.07) is 8.67. The number of nitrogens with one attached hydrogen (secondary N) is 1. The van der Waals surface area contributed by atoms with Crippen LogP contribution in [-0.2, 0) is 6.42 Å². The van der Waals surface area contributed by atoms with E-state index < -0.39 is 0 Å². The standard InChI is InChI=1S/C10H13NO/c1-11(12)10-7-6-8-4-2-3-5-9(8)10/h2-5,10,12H,6-7H2,1H3/p+1/t10-/m0/s1. The van der Waals surface area contributed by atoms with E-state index in [1.54, 1.807) is 7.05 Å². The highest BCUT2D eigenvalue weighted by Crippen LogP contribution is 2.27. The fourth-order valence-corrected chi connectivity index (χ4v) is 1.99. The zero-order valence-corrected chi connectivity index (χ0v) is 7.25. The van der Waals surface area contributed by atoms with Crippen LogP contribution in [0.5, 0.6) is 0 Å². The third-order valence-electron chi connectivity index (χ3n) is 2.64. The van der Waals surface area contributed by atoms with Crippen LogP contribution in [0.1, 0.15) is 23.6 Å². The lowest BCUT2D eigenvalue weighted by atomic mass is 10.1. The first-order valence-electron chi connectivity index (χ1n) is 4.39. The molecule has 0 aliphatic heterocycles. The summed E-state index contributed by atoms with van der Waals surface area (Å²) in [6.45, 7) is 0. The van der Waals surface area contributed by atoms with E-state index in [-0.39, 0.29) is 0 Å². The molecular weight excluding hydrogens is 150 g/mol. The highest BCUT2D eigenvalue weighted by molar-refractivity contribution is 5.32. The van der Waals surface area contributed by atoms with Gasteiger partial charge in [0.1, 0.15) is 6.04 Å². The Bertz CT molecular complexity index is 283. The van der Waals surface area contributed by atoms with Crippen molar-refractivity contribution in [3.05, 3.63) is 35.4 Å². The van der Waals surface area contributed by atoms with E-state index in [0.29, 0.717) is 11.1 Å². The van der Waals surface area contributed by atoms with Gasteiger partial charge in [-0.1, -0.05) is 24.3 Å². The number of quaternary nitrogens is 1. The largest absolute Gasteiger partial charge is 0.219 e. The summed E-state index contributed by atoms with van der Waals surface area (Å²) in [5, 5.41) is 9.97. The zero-order valence-electron chi connectivity index (χ0n) is 7.25. The van der Waals surface area contributed by atoms with Gasteiger partial charge < -0.3 is 0 Å². The van der Waals surface area contributed by atoms with Gasteiger partial charge in [0.25, 0.3) is 0 Å². The van der Waals surface area contributed by atoms with Crippen molar-refractivity contribution in [2.75, 3.05) is 7.05 Å². The monoisotopic (exact) mass is 164 g/mol. The number of hydrogen-bond donors (Lipinski definition) is 2. The summed E-state index contributed by atoms with van der Waals surface area (Å²) in [5.74, 6) is 0. The highest BCUT2D eigenvalue weighted by Gasteiger charge is 2.27. The van der Waals surface area contributed by atoms with Gasteiger partial charge in [0.15, 0.2) is 0 Å². The SMILES string of the molecule is C[NH+](O)[C@H]1CCc2ccccc21. The van der Waals surface area contributed by atoms with Gasteiger partial charge in [0.2, 0.25) is 0 Å². The number of fused-ring (bicyclic) bond motifs is 1. The molecule has 2 atom stereocenters. The number of hydroxylamine groups is 2. The summed E-state index contributed by atoms with van der Waals surface area (Å²) in [7, 11) is 1.80. The van der Waals surface area contributed by atoms with Gasteiger partial charge in [-0.15, -0.1) is 0 Å². The average molecular weight is 164 g/mol. The van der Waals surface area contributed by atoms with Crippen LogP contribution in [0, 0.1) is 0 Å². The summed E-state index contributed by atoms with van der Waals surface area (Å²) in [4.78, 5) is 0. The van der Waals surface area contributed by atoms with Crippen LogP contribution in [0.15, 0.2) is 24.3 Å². The molecule has 0 bridgehead atoms. The molecule has 1 aliphatic rings. The minimum absolute atomic E-state index is 0.293. The third-order valence-corrected chi connectivity index (χ3v) is 2.64. The smallest absolute Gasteiger partial charge is 0.143 e. The summed E-state index contributed by atoms with van der Waals surface area (Å²) < 4.78 is 0. The van der Waals surface area contributed by atoms with Crippen molar-refractivity contribution < 1.29 is 10.3 Å². The maximum absolute atomic E-state index is 9.42. The van der Waals surface area contributed by atoms with Crippen molar-refractivity contribution in [3.63, 3.8) is 0 Å². The van der Waals surface area contributed by atoms with Crippen LogP contribution in [0.4, 0.5) is 0 Å². The highest BCUT2D eigenvalue weighted by atomic mass is 16.5. The molecule has 2 nitrogen and oxygen atoms in total. The normalized spacial score (nSPS) is 23.7. The Morgan fingerprint density at radius 2 is 2.17 bits per heavy atom. The van der Waals surface area contributed by atoms with Gasteiger partial charge in [-0.25, -0.2) is 5.21 Å². The van der Waals surface area contributed by atoms with Crippen molar-refractivity contribution in [2.45, 2.75) is 18.9 Å². The zero-order chi connectivity index (χ0) is 8.55. The number of benzene rings is 1. The molecule has 0 heterocycles. The second-order valence-electron chi connectivity index (χ2n) is 3.43. The van der Waals surface area contributed by atoms with Gasteiger partial charge in [-0.2, -0.15) is 5.06 Å². The first-order chi connectivity index (χ1) is 5.79. The Morgan fingerprint density at radius 3 is 2.92 bits per heavy atom. The first-order valence-corrected chi connectivity index (χ1v) is 4.39. The molecular formula is C10H14NO+. The Kier molecular flexibility index (Phi) is 1.87. The fraction of sp³-hybridized carbons (Fsp3) is 0.400. The Morgan fingerprint density at radius 1 is 1.42 bits per heavy atom. The van der Waals surface area contributed by atoms with Crippen molar-refractivity contribution in [1.29, 1.82) is 0 Å². The molecule has 12 heavy (non-hydrogen) atoms. The minimum Gasteiger partial charge on any atom is -0.219 e. The minimum atomic E-state index is 0.293. The van der Waals surface area contributed by atoms with E-state index in [9.17, 15) is 5.21 Å². The van der Waals surface area contributed by atoms with Crippen molar-refractivity contribution >= 4 is 0 Å². The van der Waals surface area contributed by atoms with Gasteiger partial charge in [0.05, 0.1) is 7.05 Å². The molecule has 0 fully saturated rings. The van der Waals surface area contributed by atoms with Gasteiger partial charge in [-0.05, 0) is 12.0 Å². The molecule has 2 rings (SSSR count). The van der Waals surface area contributed by atoms with E-state index in [4.69, 9.17) is 0 Å². The Hall–Kier alpha value is -0.860. The van der Waals surface area contributed by atoms with Crippen LogP contribution in [-0.4, -0.2) is 12.3 Å². The molecule has 0 saturated carbocycles. The van der Waals surface area contributed by atoms with Crippen LogP contribution in [0.25, 0.3) is 0 Å². The molecule has 1 aromatic carbocycles. The van der Waals surface area contributed by atoms with Crippen LogP contribution >= 0.6 is 0 Å². The topological polar surface area (TPSA) is 24.7 Å². The number of rotatable bonds is 1. The predicted molar refractivity (Wildman–Crippen MR) is 46.2 cm³/mol. The van der Waals surface area contributed by atoms with E-state index in [0.717, 1.165) is 12.8 Å². The Labute approximate surface area is 72.4 Å². The van der Waals surface area contributed by atoms with Gasteiger partial charge >= 0.3 is 0 Å². The summed E-state index contributed by atoms with van der Waals surface area (Å²) in [5.41, 5.74) is 2.72. The molecule has 1 aromatic rings. The predicted octanol–water partition coefficient (Wildman–Crippen LogP) is 0.578. The molecule has 0 spiro atoms. The lowest BCUT2D eigenvalue weighted by Crippen LogP contribution is -3.06. The van der Waals surface area contributed by atoms with E-state index in [1.807, 2.05) is 6.07 Å². The second-order valence-corrected chi connectivity index (χ2v) is 3.43. The van der Waals surface area contributed by atoms with Crippen molar-refractivity contribution in [2.24, 2.45) is 0 Å². The van der Waals surface area contributed by atoms with Crippen LogP contribution in [0.2, 0.25) is 0 Å². The van der Waals surface area contributed by atoms with Crippen molar-refractivity contribution in [3.8, 4) is 0 Å². The molecule has 2 N–H and O–H groups in total. The lowest BCUT2D eigenvalue weighted by Gasteiger charge is -2.13. The Balaban J connectivity index is 2.36. The number of aryl methyl sites for hydroxylation is 1. The molecule has 0 aromatic heterocycles. The average Bonchev–Trinajstić information content (AvgIpc) is 2.47. The quantitative estimate of drug-likeness (QED) is 0.583. The summed E-state index contributed by atoms with van der Waals surface area (Å²) in [6.07, 6.45) is 2.18. The third kappa shape index (κ3) is 1.13. The molecule has 0 amide bonds. The van der Waals surface area contributed by atoms with E-state index in [1.165, 1.54) is 11.1 Å². The molecule has 1 unspecified atom stereocenters. The molecule has 2 heteroatoms. The lowest BCUT2D eigenvalue weighted by molar-refractivity contribution is -1.10. The molecule has 0 saturated heterocycles. The maximum Gasteiger partial charge on any atom is 0.143 e. The first kappa shape index (κ1) is 7.77. The fourth-order valence-electron chi connectivity index (χ4n) is 1.99. The van der Waals surface area contributed by atoms with E-state index >= 15 is 0 Å². The van der Waals surface area contributed by atoms with Gasteiger partial charge in [0, 0.05) is 12.0 Å². The summed E-state index contributed by atoms with van der Waals surface area (Å²) >= 11 is 0. The van der Waals surface area contributed by atoms with Crippen LogP contribution in [0.3, 0.4) is 0 Å². The second kappa shape index (κ2) is 2.88. The maximum atomic E-state index is 9.42. The molecule has 64 valence electrons. The number of hydrogen-bond acceptors (Lipinski definition) is 1. The molecule has 0 radical (unpaired) electrons. The van der Waals surface area contributed by atoms with Crippen molar-refractivity contribution in [1.82, 2.24) is 0 Å².